The van der Waals surface area contributed by atoms with E-state index in [2.05, 4.69) is 36.1 Å². The fourth-order valence-electron chi connectivity index (χ4n) is 3.01. The second-order valence-corrected chi connectivity index (χ2v) is 5.95. The van der Waals surface area contributed by atoms with Crippen LogP contribution in [-0.2, 0) is 13.0 Å². The zero-order chi connectivity index (χ0) is 15.5. The van der Waals surface area contributed by atoms with Gasteiger partial charge >= 0.3 is 0 Å². The van der Waals surface area contributed by atoms with Crippen molar-refractivity contribution in [2.24, 2.45) is 0 Å². The van der Waals surface area contributed by atoms with Crippen LogP contribution in [0.4, 0.5) is 0 Å². The van der Waals surface area contributed by atoms with E-state index < -0.39 is 6.10 Å². The summed E-state index contributed by atoms with van der Waals surface area (Å²) < 4.78 is 5.86. The lowest BCUT2D eigenvalue weighted by atomic mass is 9.95. The summed E-state index contributed by atoms with van der Waals surface area (Å²) in [7, 11) is 2.04. The molecule has 0 bridgehead atoms. The Morgan fingerprint density at radius 2 is 1.91 bits per heavy atom. The van der Waals surface area contributed by atoms with Crippen molar-refractivity contribution < 1.29 is 9.84 Å². The molecule has 22 heavy (non-hydrogen) atoms. The number of aliphatic hydroxyl groups excluding tert-OH is 1. The van der Waals surface area contributed by atoms with Crippen molar-refractivity contribution in [2.75, 3.05) is 13.7 Å². The normalized spacial score (nSPS) is 20.5. The van der Waals surface area contributed by atoms with E-state index in [0.717, 1.165) is 24.3 Å². The van der Waals surface area contributed by atoms with Crippen LogP contribution in [0.3, 0.4) is 0 Å². The van der Waals surface area contributed by atoms with Gasteiger partial charge in [0, 0.05) is 12.1 Å². The Labute approximate surface area is 132 Å². The van der Waals surface area contributed by atoms with Crippen LogP contribution >= 0.6 is 0 Å². The largest absolute Gasteiger partial charge is 0.491 e. The van der Waals surface area contributed by atoms with E-state index in [0.29, 0.717) is 6.61 Å². The van der Waals surface area contributed by atoms with Crippen LogP contribution in [-0.4, -0.2) is 29.7 Å². The Morgan fingerprint density at radius 3 is 2.64 bits per heavy atom. The van der Waals surface area contributed by atoms with Crippen LogP contribution in [0.2, 0.25) is 0 Å². The fourth-order valence-corrected chi connectivity index (χ4v) is 3.01. The quantitative estimate of drug-likeness (QED) is 0.941. The fraction of sp³-hybridized carbons (Fsp3) is 0.368. The van der Waals surface area contributed by atoms with Crippen molar-refractivity contribution in [3.63, 3.8) is 0 Å². The van der Waals surface area contributed by atoms with E-state index in [1.165, 1.54) is 11.1 Å². The molecule has 0 saturated carbocycles. The summed E-state index contributed by atoms with van der Waals surface area (Å²) in [5.41, 5.74) is 3.38. The molecule has 116 valence electrons. The van der Waals surface area contributed by atoms with Gasteiger partial charge in [0.2, 0.25) is 0 Å². The molecular formula is C19H23NO2. The highest BCUT2D eigenvalue weighted by Crippen LogP contribution is 2.35. The summed E-state index contributed by atoms with van der Waals surface area (Å²) in [5, 5.41) is 10.8. The predicted octanol–water partition coefficient (Wildman–Crippen LogP) is 3.18. The number of fused-ring (bicyclic) bond motifs is 1. The molecule has 2 atom stereocenters. The summed E-state index contributed by atoms with van der Waals surface area (Å²) >= 11 is 0. The van der Waals surface area contributed by atoms with E-state index in [9.17, 15) is 5.11 Å². The van der Waals surface area contributed by atoms with Gasteiger partial charge in [-0.1, -0.05) is 43.3 Å². The average Bonchev–Trinajstić information content (AvgIpc) is 2.56. The monoisotopic (exact) mass is 297 g/mol. The van der Waals surface area contributed by atoms with Crippen LogP contribution in [0.25, 0.3) is 0 Å². The van der Waals surface area contributed by atoms with Crippen molar-refractivity contribution in [1.82, 2.24) is 4.90 Å². The standard InChI is InChI=1S/C19H23NO2/c1-3-14-9-10-18-16(11-14)19(21)17(13-22-18)20(2)12-15-7-5-4-6-8-15/h4-11,17,19,21H,3,12-13H2,1-2H3. The number of hydrogen-bond acceptors (Lipinski definition) is 3. The zero-order valence-electron chi connectivity index (χ0n) is 13.2. The van der Waals surface area contributed by atoms with E-state index in [4.69, 9.17) is 4.74 Å². The summed E-state index contributed by atoms with van der Waals surface area (Å²) in [6.45, 7) is 3.44. The third-order valence-electron chi connectivity index (χ3n) is 4.42. The number of likely N-dealkylation sites (N-methyl/N-ethyl adjacent to an activating group) is 1. The first-order chi connectivity index (χ1) is 10.7. The lowest BCUT2D eigenvalue weighted by Crippen LogP contribution is -2.43. The molecule has 2 aromatic rings. The molecule has 3 nitrogen and oxygen atoms in total. The number of aliphatic hydroxyl groups is 1. The van der Waals surface area contributed by atoms with Gasteiger partial charge in [-0.3, -0.25) is 4.90 Å². The van der Waals surface area contributed by atoms with E-state index in [-0.39, 0.29) is 6.04 Å². The Bertz CT molecular complexity index is 627. The highest BCUT2D eigenvalue weighted by atomic mass is 16.5. The molecule has 0 spiro atoms. The Hall–Kier alpha value is -1.84. The molecule has 1 heterocycles. The van der Waals surface area contributed by atoms with E-state index in [1.54, 1.807) is 0 Å². The van der Waals surface area contributed by atoms with Gasteiger partial charge in [0.25, 0.3) is 0 Å². The Balaban J connectivity index is 1.78. The minimum Gasteiger partial charge on any atom is -0.491 e. The molecule has 0 fully saturated rings. The van der Waals surface area contributed by atoms with Gasteiger partial charge in [-0.2, -0.15) is 0 Å². The number of aryl methyl sites for hydroxylation is 1. The Morgan fingerprint density at radius 1 is 1.14 bits per heavy atom. The third-order valence-corrected chi connectivity index (χ3v) is 4.42. The van der Waals surface area contributed by atoms with Gasteiger partial charge in [0.1, 0.15) is 18.5 Å². The molecule has 3 heteroatoms. The highest BCUT2D eigenvalue weighted by molar-refractivity contribution is 5.41. The molecule has 0 aromatic heterocycles. The van der Waals surface area contributed by atoms with Gasteiger partial charge in [-0.25, -0.2) is 0 Å². The molecule has 1 aliphatic heterocycles. The van der Waals surface area contributed by atoms with E-state index >= 15 is 0 Å². The molecule has 2 unspecified atom stereocenters. The molecule has 3 rings (SSSR count). The van der Waals surface area contributed by atoms with E-state index in [1.807, 2.05) is 31.3 Å². The molecule has 2 aromatic carbocycles. The van der Waals surface area contributed by atoms with Crippen LogP contribution in [0, 0.1) is 0 Å². The minimum atomic E-state index is -0.510. The molecule has 0 aliphatic carbocycles. The highest BCUT2D eigenvalue weighted by Gasteiger charge is 2.32. The topological polar surface area (TPSA) is 32.7 Å². The average molecular weight is 297 g/mol. The summed E-state index contributed by atoms with van der Waals surface area (Å²) in [6.07, 6.45) is 0.453. The molecule has 1 N–H and O–H groups in total. The number of benzene rings is 2. The van der Waals surface area contributed by atoms with Crippen LogP contribution in [0.1, 0.15) is 29.7 Å². The second kappa shape index (κ2) is 6.51. The number of ether oxygens (including phenoxy) is 1. The summed E-state index contributed by atoms with van der Waals surface area (Å²) in [6, 6.07) is 16.4. The van der Waals surface area contributed by atoms with Gasteiger partial charge in [-0.15, -0.1) is 0 Å². The Kier molecular flexibility index (Phi) is 4.46. The third kappa shape index (κ3) is 3.01. The van der Waals surface area contributed by atoms with Crippen LogP contribution in [0.15, 0.2) is 48.5 Å². The molecule has 0 saturated heterocycles. The predicted molar refractivity (Wildman–Crippen MR) is 88.0 cm³/mol. The van der Waals surface area contributed by atoms with Gasteiger partial charge < -0.3 is 9.84 Å². The maximum Gasteiger partial charge on any atom is 0.125 e. The summed E-state index contributed by atoms with van der Waals surface area (Å²) in [5.74, 6) is 0.814. The van der Waals surface area contributed by atoms with Crippen LogP contribution < -0.4 is 4.74 Å². The van der Waals surface area contributed by atoms with Gasteiger partial charge in [0.05, 0.1) is 6.04 Å². The molecule has 0 radical (unpaired) electrons. The minimum absolute atomic E-state index is 0.0280. The first-order valence-electron chi connectivity index (χ1n) is 7.87. The number of rotatable bonds is 4. The molecular weight excluding hydrogens is 274 g/mol. The van der Waals surface area contributed by atoms with Crippen molar-refractivity contribution in [3.8, 4) is 5.75 Å². The first-order valence-corrected chi connectivity index (χ1v) is 7.87. The van der Waals surface area contributed by atoms with Crippen molar-refractivity contribution in [2.45, 2.75) is 32.0 Å². The number of hydrogen-bond donors (Lipinski definition) is 1. The zero-order valence-corrected chi connectivity index (χ0v) is 13.2. The first kappa shape index (κ1) is 15.1. The smallest absolute Gasteiger partial charge is 0.125 e. The van der Waals surface area contributed by atoms with Gasteiger partial charge in [0.15, 0.2) is 0 Å². The van der Waals surface area contributed by atoms with Gasteiger partial charge in [-0.05, 0) is 36.7 Å². The maximum absolute atomic E-state index is 10.8. The SMILES string of the molecule is CCc1ccc2c(c1)C(O)C(N(C)Cc1ccccc1)CO2. The van der Waals surface area contributed by atoms with Crippen LogP contribution in [0.5, 0.6) is 5.75 Å². The number of nitrogens with zero attached hydrogens (tertiary/aromatic N) is 1. The van der Waals surface area contributed by atoms with Crippen molar-refractivity contribution >= 4 is 0 Å². The molecule has 1 aliphatic rings. The van der Waals surface area contributed by atoms with Crippen molar-refractivity contribution in [1.29, 1.82) is 0 Å². The maximum atomic E-state index is 10.8. The van der Waals surface area contributed by atoms with Crippen molar-refractivity contribution in [3.05, 3.63) is 65.2 Å². The molecule has 0 amide bonds. The summed E-state index contributed by atoms with van der Waals surface area (Å²) in [4.78, 5) is 2.17. The lowest BCUT2D eigenvalue weighted by Gasteiger charge is -2.36. The second-order valence-electron chi connectivity index (χ2n) is 5.95. The lowest BCUT2D eigenvalue weighted by molar-refractivity contribution is 0.0117.